The van der Waals surface area contributed by atoms with Gasteiger partial charge in [0.05, 0.1) is 5.02 Å². The zero-order valence-electron chi connectivity index (χ0n) is 12.7. The first-order chi connectivity index (χ1) is 11.5. The molecule has 7 heteroatoms. The molecule has 0 saturated heterocycles. The number of nitrogens with one attached hydrogen (secondary N) is 1. The Hall–Kier alpha value is -2.73. The van der Waals surface area contributed by atoms with E-state index >= 15 is 0 Å². The summed E-state index contributed by atoms with van der Waals surface area (Å²) in [5.74, 6) is -0.167. The highest BCUT2D eigenvalue weighted by atomic mass is 35.5. The van der Waals surface area contributed by atoms with Crippen LogP contribution in [0, 0.1) is 5.82 Å². The molecule has 1 aromatic heterocycles. The largest absolute Gasteiger partial charge is 0.341 e. The molecule has 1 heterocycles. The molecule has 0 aliphatic rings. The number of carbonyl (C=O) groups is 1. The van der Waals surface area contributed by atoms with Crippen LogP contribution in [0.5, 0.6) is 0 Å². The highest BCUT2D eigenvalue weighted by Crippen LogP contribution is 2.26. The molecule has 0 aliphatic heterocycles. The number of carbonyl (C=O) groups excluding carboxylic acids is 1. The molecule has 1 amide bonds. The van der Waals surface area contributed by atoms with Gasteiger partial charge < -0.3 is 9.84 Å². The Morgan fingerprint density at radius 3 is 2.62 bits per heavy atom. The third-order valence-electron chi connectivity index (χ3n) is 3.38. The van der Waals surface area contributed by atoms with Gasteiger partial charge in [0.25, 0.3) is 5.91 Å². The van der Waals surface area contributed by atoms with Crippen LogP contribution in [0.1, 0.15) is 29.2 Å². The van der Waals surface area contributed by atoms with E-state index in [1.54, 1.807) is 25.1 Å². The SMILES string of the molecule is CC(NC(=O)c1ccc(F)cc1)c1nc(-c2ccccc2Cl)no1. The van der Waals surface area contributed by atoms with Crippen LogP contribution < -0.4 is 5.32 Å². The predicted octanol–water partition coefficient (Wildman–Crippen LogP) is 4.02. The van der Waals surface area contributed by atoms with Crippen molar-refractivity contribution in [1.82, 2.24) is 15.5 Å². The Morgan fingerprint density at radius 1 is 1.21 bits per heavy atom. The summed E-state index contributed by atoms with van der Waals surface area (Å²) < 4.78 is 18.1. The lowest BCUT2D eigenvalue weighted by molar-refractivity contribution is 0.0932. The number of hydrogen-bond acceptors (Lipinski definition) is 4. The minimum absolute atomic E-state index is 0.250. The summed E-state index contributed by atoms with van der Waals surface area (Å²) in [4.78, 5) is 16.4. The third-order valence-corrected chi connectivity index (χ3v) is 3.71. The number of benzene rings is 2. The van der Waals surface area contributed by atoms with Crippen LogP contribution in [0.4, 0.5) is 4.39 Å². The fourth-order valence-corrected chi connectivity index (χ4v) is 2.33. The molecule has 0 radical (unpaired) electrons. The molecular formula is C17H13ClFN3O2. The molecule has 0 fully saturated rings. The second-order valence-corrected chi connectivity index (χ2v) is 5.55. The Kier molecular flexibility index (Phi) is 4.57. The van der Waals surface area contributed by atoms with E-state index in [1.165, 1.54) is 24.3 Å². The van der Waals surface area contributed by atoms with Gasteiger partial charge in [0.2, 0.25) is 11.7 Å². The van der Waals surface area contributed by atoms with Gasteiger partial charge in [-0.3, -0.25) is 4.79 Å². The van der Waals surface area contributed by atoms with Crippen molar-refractivity contribution in [2.45, 2.75) is 13.0 Å². The molecule has 3 rings (SSSR count). The summed E-state index contributed by atoms with van der Waals surface area (Å²) >= 11 is 6.10. The zero-order valence-corrected chi connectivity index (χ0v) is 13.4. The van der Waals surface area contributed by atoms with Crippen molar-refractivity contribution in [3.8, 4) is 11.4 Å². The van der Waals surface area contributed by atoms with Crippen molar-refractivity contribution in [3.05, 3.63) is 70.8 Å². The molecule has 24 heavy (non-hydrogen) atoms. The van der Waals surface area contributed by atoms with Crippen LogP contribution in [0.25, 0.3) is 11.4 Å². The van der Waals surface area contributed by atoms with Gasteiger partial charge in [0, 0.05) is 11.1 Å². The van der Waals surface area contributed by atoms with Gasteiger partial charge in [-0.05, 0) is 43.3 Å². The lowest BCUT2D eigenvalue weighted by atomic mass is 10.2. The van der Waals surface area contributed by atoms with E-state index in [9.17, 15) is 9.18 Å². The van der Waals surface area contributed by atoms with E-state index in [1.807, 2.05) is 6.07 Å². The number of amides is 1. The van der Waals surface area contributed by atoms with Gasteiger partial charge in [-0.2, -0.15) is 4.98 Å². The molecule has 1 atom stereocenters. The van der Waals surface area contributed by atoms with Crippen LogP contribution in [-0.4, -0.2) is 16.0 Å². The fourth-order valence-electron chi connectivity index (χ4n) is 2.11. The molecule has 0 bridgehead atoms. The molecule has 122 valence electrons. The van der Waals surface area contributed by atoms with Crippen LogP contribution in [-0.2, 0) is 0 Å². The van der Waals surface area contributed by atoms with E-state index in [0.29, 0.717) is 22.0 Å². The standard InChI is InChI=1S/C17H13ClFN3O2/c1-10(20-16(23)11-6-8-12(19)9-7-11)17-21-15(22-24-17)13-4-2-3-5-14(13)18/h2-10H,1H3,(H,20,23). The van der Waals surface area contributed by atoms with E-state index in [4.69, 9.17) is 16.1 Å². The summed E-state index contributed by atoms with van der Waals surface area (Å²) in [7, 11) is 0. The summed E-state index contributed by atoms with van der Waals surface area (Å²) in [6.07, 6.45) is 0. The number of rotatable bonds is 4. The number of hydrogen-bond donors (Lipinski definition) is 1. The van der Waals surface area contributed by atoms with Gasteiger partial charge in [0.15, 0.2) is 0 Å². The Bertz CT molecular complexity index is 864. The molecule has 0 saturated carbocycles. The first-order valence-electron chi connectivity index (χ1n) is 7.19. The third kappa shape index (κ3) is 3.44. The second kappa shape index (κ2) is 6.80. The maximum atomic E-state index is 12.9. The van der Waals surface area contributed by atoms with Gasteiger partial charge >= 0.3 is 0 Å². The van der Waals surface area contributed by atoms with E-state index in [-0.39, 0.29) is 11.8 Å². The van der Waals surface area contributed by atoms with Crippen molar-refractivity contribution in [2.75, 3.05) is 0 Å². The first kappa shape index (κ1) is 16.1. The summed E-state index contributed by atoms with van der Waals surface area (Å²) in [6.45, 7) is 1.71. The Morgan fingerprint density at radius 2 is 1.92 bits per heavy atom. The predicted molar refractivity (Wildman–Crippen MR) is 87.0 cm³/mol. The van der Waals surface area contributed by atoms with Crippen LogP contribution in [0.3, 0.4) is 0 Å². The van der Waals surface area contributed by atoms with Crippen LogP contribution in [0.2, 0.25) is 5.02 Å². The highest BCUT2D eigenvalue weighted by molar-refractivity contribution is 6.33. The topological polar surface area (TPSA) is 68.0 Å². The second-order valence-electron chi connectivity index (χ2n) is 5.14. The molecule has 5 nitrogen and oxygen atoms in total. The van der Waals surface area contributed by atoms with Crippen molar-refractivity contribution in [2.24, 2.45) is 0 Å². The minimum Gasteiger partial charge on any atom is -0.341 e. The zero-order chi connectivity index (χ0) is 17.1. The lowest BCUT2D eigenvalue weighted by Gasteiger charge is -2.09. The molecule has 1 N–H and O–H groups in total. The van der Waals surface area contributed by atoms with Crippen molar-refractivity contribution in [3.63, 3.8) is 0 Å². The lowest BCUT2D eigenvalue weighted by Crippen LogP contribution is -2.26. The quantitative estimate of drug-likeness (QED) is 0.775. The minimum atomic E-state index is -0.508. The van der Waals surface area contributed by atoms with Gasteiger partial charge in [-0.15, -0.1) is 0 Å². The summed E-state index contributed by atoms with van der Waals surface area (Å²) in [5.41, 5.74) is 0.986. The Labute approximate surface area is 142 Å². The van der Waals surface area contributed by atoms with E-state index in [0.717, 1.165) is 0 Å². The average molecular weight is 346 g/mol. The van der Waals surface area contributed by atoms with Gasteiger partial charge in [-0.1, -0.05) is 28.9 Å². The molecule has 1 unspecified atom stereocenters. The van der Waals surface area contributed by atoms with Gasteiger partial charge in [-0.25, -0.2) is 4.39 Å². The number of aromatic nitrogens is 2. The van der Waals surface area contributed by atoms with Gasteiger partial charge in [0.1, 0.15) is 11.9 Å². The van der Waals surface area contributed by atoms with Crippen LogP contribution in [0.15, 0.2) is 53.1 Å². The maximum absolute atomic E-state index is 12.9. The molecule has 0 aliphatic carbocycles. The van der Waals surface area contributed by atoms with E-state index in [2.05, 4.69) is 15.5 Å². The Balaban J connectivity index is 1.74. The molecule has 0 spiro atoms. The summed E-state index contributed by atoms with van der Waals surface area (Å²) in [6, 6.07) is 11.9. The number of halogens is 2. The molecule has 3 aromatic rings. The van der Waals surface area contributed by atoms with Crippen molar-refractivity contribution < 1.29 is 13.7 Å². The van der Waals surface area contributed by atoms with Crippen molar-refractivity contribution in [1.29, 1.82) is 0 Å². The molecule has 2 aromatic carbocycles. The average Bonchev–Trinajstić information content (AvgIpc) is 3.05. The summed E-state index contributed by atoms with van der Waals surface area (Å²) in [5, 5.41) is 7.12. The van der Waals surface area contributed by atoms with Crippen LogP contribution >= 0.6 is 11.6 Å². The fraction of sp³-hybridized carbons (Fsp3) is 0.118. The number of nitrogens with zero attached hydrogens (tertiary/aromatic N) is 2. The monoisotopic (exact) mass is 345 g/mol. The van der Waals surface area contributed by atoms with Crippen molar-refractivity contribution >= 4 is 17.5 Å². The smallest absolute Gasteiger partial charge is 0.251 e. The maximum Gasteiger partial charge on any atom is 0.251 e. The normalized spacial score (nSPS) is 12.0. The van der Waals surface area contributed by atoms with E-state index < -0.39 is 11.9 Å². The highest BCUT2D eigenvalue weighted by Gasteiger charge is 2.19. The molecular weight excluding hydrogens is 333 g/mol. The first-order valence-corrected chi connectivity index (χ1v) is 7.57.